The third-order valence-corrected chi connectivity index (χ3v) is 3.82. The van der Waals surface area contributed by atoms with Gasteiger partial charge in [-0.15, -0.1) is 11.8 Å². The highest BCUT2D eigenvalue weighted by Gasteiger charge is 2.08. The van der Waals surface area contributed by atoms with Gasteiger partial charge < -0.3 is 5.32 Å². The summed E-state index contributed by atoms with van der Waals surface area (Å²) in [6.45, 7) is 2.03. The van der Waals surface area contributed by atoms with Crippen LogP contribution in [-0.2, 0) is 0 Å². The zero-order valence-electron chi connectivity index (χ0n) is 11.4. The van der Waals surface area contributed by atoms with Gasteiger partial charge in [-0.1, -0.05) is 12.1 Å². The normalized spacial score (nSPS) is 11.9. The zero-order chi connectivity index (χ0) is 14.5. The lowest BCUT2D eigenvalue weighted by Crippen LogP contribution is -2.06. The van der Waals surface area contributed by atoms with Crippen molar-refractivity contribution in [3.63, 3.8) is 0 Å². The number of nitro benzene ring substituents is 1. The predicted molar refractivity (Wildman–Crippen MR) is 83.4 cm³/mol. The molecule has 0 heterocycles. The maximum atomic E-state index is 10.6. The molecule has 2 aromatic carbocycles. The van der Waals surface area contributed by atoms with Crippen molar-refractivity contribution in [2.24, 2.45) is 0 Å². The summed E-state index contributed by atoms with van der Waals surface area (Å²) in [5, 5.41) is 14.0. The molecule has 0 amide bonds. The number of nitrogens with zero attached hydrogens (tertiary/aromatic N) is 1. The van der Waals surface area contributed by atoms with E-state index in [1.807, 2.05) is 25.3 Å². The molecular weight excluding hydrogens is 272 g/mol. The summed E-state index contributed by atoms with van der Waals surface area (Å²) < 4.78 is 0. The first-order valence-electron chi connectivity index (χ1n) is 6.25. The minimum absolute atomic E-state index is 0.0935. The van der Waals surface area contributed by atoms with Gasteiger partial charge in [-0.2, -0.15) is 0 Å². The van der Waals surface area contributed by atoms with Gasteiger partial charge in [0.1, 0.15) is 0 Å². The number of hydrogen-bond acceptors (Lipinski definition) is 4. The molecule has 0 spiro atoms. The number of hydrogen-bond donors (Lipinski definition) is 1. The summed E-state index contributed by atoms with van der Waals surface area (Å²) in [5.74, 6) is 0. The zero-order valence-corrected chi connectivity index (χ0v) is 12.2. The maximum Gasteiger partial charge on any atom is 0.269 e. The topological polar surface area (TPSA) is 55.2 Å². The van der Waals surface area contributed by atoms with Crippen molar-refractivity contribution in [1.82, 2.24) is 0 Å². The molecule has 104 valence electrons. The molecule has 0 aliphatic heterocycles. The van der Waals surface area contributed by atoms with Crippen LogP contribution in [0.1, 0.15) is 18.5 Å². The number of anilines is 1. The van der Waals surface area contributed by atoms with Crippen LogP contribution >= 0.6 is 11.8 Å². The minimum atomic E-state index is -0.386. The predicted octanol–water partition coefficient (Wildman–Crippen LogP) is 4.49. The smallest absolute Gasteiger partial charge is 0.269 e. The Morgan fingerprint density at radius 2 is 1.70 bits per heavy atom. The van der Waals surface area contributed by atoms with Gasteiger partial charge in [0.15, 0.2) is 0 Å². The fraction of sp³-hybridized carbons (Fsp3) is 0.200. The Balaban J connectivity index is 2.06. The average molecular weight is 288 g/mol. The van der Waals surface area contributed by atoms with Crippen LogP contribution < -0.4 is 5.32 Å². The third kappa shape index (κ3) is 3.51. The van der Waals surface area contributed by atoms with Gasteiger partial charge >= 0.3 is 0 Å². The van der Waals surface area contributed by atoms with Gasteiger partial charge in [-0.05, 0) is 43.0 Å². The summed E-state index contributed by atoms with van der Waals surface area (Å²) in [6.07, 6.45) is 2.04. The summed E-state index contributed by atoms with van der Waals surface area (Å²) in [6, 6.07) is 14.9. The van der Waals surface area contributed by atoms with Gasteiger partial charge in [0.25, 0.3) is 5.69 Å². The lowest BCUT2D eigenvalue weighted by atomic mass is 10.1. The van der Waals surface area contributed by atoms with E-state index in [1.54, 1.807) is 23.9 Å². The van der Waals surface area contributed by atoms with Crippen molar-refractivity contribution >= 4 is 23.1 Å². The fourth-order valence-corrected chi connectivity index (χ4v) is 2.31. The van der Waals surface area contributed by atoms with Crippen LogP contribution in [0.25, 0.3) is 0 Å². The second kappa shape index (κ2) is 6.43. The number of rotatable bonds is 5. The number of non-ortho nitro benzene ring substituents is 1. The van der Waals surface area contributed by atoms with Gasteiger partial charge in [-0.25, -0.2) is 0 Å². The summed E-state index contributed by atoms with van der Waals surface area (Å²) >= 11 is 1.71. The first kappa shape index (κ1) is 14.4. The Hall–Kier alpha value is -2.01. The molecule has 0 saturated carbocycles. The first-order valence-corrected chi connectivity index (χ1v) is 7.47. The number of benzene rings is 2. The van der Waals surface area contributed by atoms with Crippen molar-refractivity contribution in [2.45, 2.75) is 17.9 Å². The molecule has 2 rings (SSSR count). The van der Waals surface area contributed by atoms with Gasteiger partial charge in [0.2, 0.25) is 0 Å². The van der Waals surface area contributed by atoms with Crippen LogP contribution in [0.3, 0.4) is 0 Å². The maximum absolute atomic E-state index is 10.6. The lowest BCUT2D eigenvalue weighted by Gasteiger charge is -2.15. The van der Waals surface area contributed by atoms with E-state index in [-0.39, 0.29) is 16.7 Å². The first-order chi connectivity index (χ1) is 9.60. The molecular formula is C15H16N2O2S. The van der Waals surface area contributed by atoms with Gasteiger partial charge in [0.05, 0.1) is 4.92 Å². The molecule has 1 N–H and O–H groups in total. The van der Waals surface area contributed by atoms with E-state index >= 15 is 0 Å². The summed E-state index contributed by atoms with van der Waals surface area (Å²) in [5.41, 5.74) is 2.17. The second-order valence-electron chi connectivity index (χ2n) is 4.44. The number of nitrogens with one attached hydrogen (secondary N) is 1. The highest BCUT2D eigenvalue weighted by molar-refractivity contribution is 7.98. The van der Waals surface area contributed by atoms with Crippen LogP contribution in [-0.4, -0.2) is 11.2 Å². The Labute approximate surface area is 122 Å². The summed E-state index contributed by atoms with van der Waals surface area (Å²) in [7, 11) is 0. The van der Waals surface area contributed by atoms with Crippen molar-refractivity contribution in [3.8, 4) is 0 Å². The van der Waals surface area contributed by atoms with E-state index in [0.717, 1.165) is 11.3 Å². The fourth-order valence-electron chi connectivity index (χ4n) is 1.91. The Morgan fingerprint density at radius 3 is 2.20 bits per heavy atom. The molecule has 0 fully saturated rings. The van der Waals surface area contributed by atoms with Crippen LogP contribution in [0.4, 0.5) is 11.4 Å². The van der Waals surface area contributed by atoms with E-state index in [4.69, 9.17) is 0 Å². The Morgan fingerprint density at radius 1 is 1.10 bits per heavy atom. The number of nitro groups is 1. The van der Waals surface area contributed by atoms with E-state index in [9.17, 15) is 10.1 Å². The molecule has 0 radical (unpaired) electrons. The van der Waals surface area contributed by atoms with E-state index in [2.05, 4.69) is 17.4 Å². The monoisotopic (exact) mass is 288 g/mol. The third-order valence-electron chi connectivity index (χ3n) is 3.08. The van der Waals surface area contributed by atoms with Crippen molar-refractivity contribution in [2.75, 3.05) is 11.6 Å². The second-order valence-corrected chi connectivity index (χ2v) is 5.32. The Kier molecular flexibility index (Phi) is 4.63. The van der Waals surface area contributed by atoms with Crippen LogP contribution in [0.15, 0.2) is 53.4 Å². The molecule has 0 saturated heterocycles. The minimum Gasteiger partial charge on any atom is -0.379 e. The van der Waals surface area contributed by atoms with Crippen LogP contribution in [0.5, 0.6) is 0 Å². The molecule has 4 nitrogen and oxygen atoms in total. The summed E-state index contributed by atoms with van der Waals surface area (Å²) in [4.78, 5) is 11.5. The molecule has 1 atom stereocenters. The highest BCUT2D eigenvalue weighted by Crippen LogP contribution is 2.23. The molecule has 1 unspecified atom stereocenters. The van der Waals surface area contributed by atoms with Gasteiger partial charge in [-0.3, -0.25) is 10.1 Å². The highest BCUT2D eigenvalue weighted by atomic mass is 32.2. The van der Waals surface area contributed by atoms with Crippen LogP contribution in [0, 0.1) is 10.1 Å². The average Bonchev–Trinajstić information content (AvgIpc) is 2.48. The molecule has 0 aliphatic carbocycles. The Bertz CT molecular complexity index is 582. The SMILES string of the molecule is CSc1ccc(NC(C)c2ccc([N+](=O)[O-])cc2)cc1. The lowest BCUT2D eigenvalue weighted by molar-refractivity contribution is -0.384. The van der Waals surface area contributed by atoms with Crippen molar-refractivity contribution in [3.05, 3.63) is 64.2 Å². The molecule has 2 aromatic rings. The molecule has 5 heteroatoms. The van der Waals surface area contributed by atoms with E-state index in [0.29, 0.717) is 0 Å². The van der Waals surface area contributed by atoms with Crippen LogP contribution in [0.2, 0.25) is 0 Å². The van der Waals surface area contributed by atoms with E-state index in [1.165, 1.54) is 17.0 Å². The molecule has 0 aromatic heterocycles. The standard InChI is InChI=1S/C15H16N2O2S/c1-11(12-3-7-14(8-4-12)17(18)19)16-13-5-9-15(20-2)10-6-13/h3-11,16H,1-2H3. The quantitative estimate of drug-likeness (QED) is 0.500. The van der Waals surface area contributed by atoms with Crippen molar-refractivity contribution in [1.29, 1.82) is 0 Å². The molecule has 0 bridgehead atoms. The molecule has 20 heavy (non-hydrogen) atoms. The molecule has 0 aliphatic rings. The number of thioether (sulfide) groups is 1. The van der Waals surface area contributed by atoms with E-state index < -0.39 is 0 Å². The largest absolute Gasteiger partial charge is 0.379 e. The van der Waals surface area contributed by atoms with Gasteiger partial charge in [0, 0.05) is 28.8 Å². The van der Waals surface area contributed by atoms with Crippen molar-refractivity contribution < 1.29 is 4.92 Å².